The second-order valence-electron chi connectivity index (χ2n) is 6.25. The van der Waals surface area contributed by atoms with Crippen LogP contribution in [0.3, 0.4) is 0 Å². The van der Waals surface area contributed by atoms with Gasteiger partial charge in [0.15, 0.2) is 0 Å². The molecule has 134 valence electrons. The Kier molecular flexibility index (Phi) is 5.86. The Labute approximate surface area is 149 Å². The first-order valence-electron chi connectivity index (χ1n) is 8.49. The lowest BCUT2D eigenvalue weighted by atomic mass is 10.1. The van der Waals surface area contributed by atoms with Crippen LogP contribution in [0.4, 0.5) is 0 Å². The van der Waals surface area contributed by atoms with Crippen molar-refractivity contribution < 1.29 is 13.2 Å². The van der Waals surface area contributed by atoms with Gasteiger partial charge >= 0.3 is 0 Å². The molecule has 3 rings (SSSR count). The predicted molar refractivity (Wildman–Crippen MR) is 97.7 cm³/mol. The topological polar surface area (TPSA) is 58.6 Å². The first-order valence-corrected chi connectivity index (χ1v) is 9.93. The summed E-state index contributed by atoms with van der Waals surface area (Å²) in [5.74, 6) is 0. The van der Waals surface area contributed by atoms with E-state index in [9.17, 15) is 8.42 Å². The van der Waals surface area contributed by atoms with E-state index < -0.39 is 10.0 Å². The maximum atomic E-state index is 12.6. The molecule has 0 aromatic heterocycles. The van der Waals surface area contributed by atoms with E-state index in [1.54, 1.807) is 12.1 Å². The first kappa shape index (κ1) is 18.1. The van der Waals surface area contributed by atoms with Gasteiger partial charge in [0.05, 0.1) is 18.1 Å². The fourth-order valence-corrected chi connectivity index (χ4v) is 4.30. The van der Waals surface area contributed by atoms with Crippen LogP contribution < -0.4 is 5.32 Å². The van der Waals surface area contributed by atoms with Gasteiger partial charge in [0, 0.05) is 26.2 Å². The number of hydrogen-bond donors (Lipinski definition) is 1. The van der Waals surface area contributed by atoms with Crippen LogP contribution in [-0.4, -0.2) is 39.0 Å². The van der Waals surface area contributed by atoms with Crippen LogP contribution in [0.2, 0.25) is 0 Å². The number of benzene rings is 2. The highest BCUT2D eigenvalue weighted by Gasteiger charge is 2.25. The Bertz CT molecular complexity index is 798. The standard InChI is InChI=1S/C19H24N2O3S/c1-16-3-2-4-18(13-16)15-20-14-17-5-7-19(8-6-17)25(22,23)21-9-11-24-12-10-21/h2-8,13,20H,9-12,14-15H2,1H3. The maximum absolute atomic E-state index is 12.6. The predicted octanol–water partition coefficient (Wildman–Crippen LogP) is 2.31. The van der Waals surface area contributed by atoms with Crippen LogP contribution in [0.25, 0.3) is 0 Å². The average Bonchev–Trinajstić information content (AvgIpc) is 2.63. The second-order valence-corrected chi connectivity index (χ2v) is 8.19. The van der Waals surface area contributed by atoms with Crippen LogP contribution in [0.5, 0.6) is 0 Å². The summed E-state index contributed by atoms with van der Waals surface area (Å²) in [5.41, 5.74) is 3.55. The number of morpholine rings is 1. The van der Waals surface area contributed by atoms with Crippen LogP contribution in [-0.2, 0) is 27.8 Å². The van der Waals surface area contributed by atoms with E-state index >= 15 is 0 Å². The molecular formula is C19H24N2O3S. The van der Waals surface area contributed by atoms with E-state index in [-0.39, 0.29) is 0 Å². The molecule has 25 heavy (non-hydrogen) atoms. The molecule has 0 atom stereocenters. The van der Waals surface area contributed by atoms with Gasteiger partial charge in [-0.2, -0.15) is 4.31 Å². The fourth-order valence-electron chi connectivity index (χ4n) is 2.89. The average molecular weight is 360 g/mol. The van der Waals surface area contributed by atoms with Crippen molar-refractivity contribution in [2.45, 2.75) is 24.9 Å². The Morgan fingerprint density at radius 3 is 2.36 bits per heavy atom. The zero-order valence-corrected chi connectivity index (χ0v) is 15.3. The van der Waals surface area contributed by atoms with Crippen molar-refractivity contribution in [2.24, 2.45) is 0 Å². The third-order valence-corrected chi connectivity index (χ3v) is 6.18. The largest absolute Gasteiger partial charge is 0.379 e. The Morgan fingerprint density at radius 1 is 1.00 bits per heavy atom. The number of nitrogens with one attached hydrogen (secondary N) is 1. The van der Waals surface area contributed by atoms with E-state index in [1.807, 2.05) is 12.1 Å². The van der Waals surface area contributed by atoms with Gasteiger partial charge in [-0.25, -0.2) is 8.42 Å². The van der Waals surface area contributed by atoms with Gasteiger partial charge in [-0.1, -0.05) is 42.0 Å². The highest BCUT2D eigenvalue weighted by atomic mass is 32.2. The SMILES string of the molecule is Cc1cccc(CNCc2ccc(S(=O)(=O)N3CCOCC3)cc2)c1. The molecule has 1 aliphatic rings. The number of nitrogens with zero attached hydrogens (tertiary/aromatic N) is 1. The number of sulfonamides is 1. The van der Waals surface area contributed by atoms with Crippen molar-refractivity contribution in [3.05, 3.63) is 65.2 Å². The van der Waals surface area contributed by atoms with Crippen LogP contribution >= 0.6 is 0 Å². The molecule has 1 saturated heterocycles. The van der Waals surface area contributed by atoms with Crippen molar-refractivity contribution in [3.63, 3.8) is 0 Å². The van der Waals surface area contributed by atoms with Gasteiger partial charge in [-0.15, -0.1) is 0 Å². The summed E-state index contributed by atoms with van der Waals surface area (Å²) in [7, 11) is -3.41. The molecule has 1 heterocycles. The third kappa shape index (κ3) is 4.67. The molecule has 0 unspecified atom stereocenters. The number of aryl methyl sites for hydroxylation is 1. The lowest BCUT2D eigenvalue weighted by Crippen LogP contribution is -2.40. The van der Waals surface area contributed by atoms with Crippen LogP contribution in [0, 0.1) is 6.92 Å². The summed E-state index contributed by atoms with van der Waals surface area (Å²) < 4.78 is 31.9. The van der Waals surface area contributed by atoms with E-state index in [0.29, 0.717) is 37.7 Å². The molecule has 0 saturated carbocycles. The molecule has 0 spiro atoms. The molecule has 0 amide bonds. The highest BCUT2D eigenvalue weighted by molar-refractivity contribution is 7.89. The Morgan fingerprint density at radius 2 is 1.68 bits per heavy atom. The summed E-state index contributed by atoms with van der Waals surface area (Å²) in [5, 5.41) is 3.39. The zero-order chi connectivity index (χ0) is 17.7. The molecule has 6 heteroatoms. The van der Waals surface area contributed by atoms with Gasteiger partial charge in [0.1, 0.15) is 0 Å². The van der Waals surface area contributed by atoms with Crippen LogP contribution in [0.15, 0.2) is 53.4 Å². The van der Waals surface area contributed by atoms with Crippen molar-refractivity contribution in [3.8, 4) is 0 Å². The summed E-state index contributed by atoms with van der Waals surface area (Å²) in [4.78, 5) is 0.344. The Hall–Kier alpha value is -1.73. The second kappa shape index (κ2) is 8.10. The summed E-state index contributed by atoms with van der Waals surface area (Å²) in [6.07, 6.45) is 0. The first-order chi connectivity index (χ1) is 12.1. The van der Waals surface area contributed by atoms with E-state index in [1.165, 1.54) is 15.4 Å². The number of hydrogen-bond acceptors (Lipinski definition) is 4. The minimum Gasteiger partial charge on any atom is -0.379 e. The van der Waals surface area contributed by atoms with Gasteiger partial charge in [-0.3, -0.25) is 0 Å². The Balaban J connectivity index is 1.58. The lowest BCUT2D eigenvalue weighted by molar-refractivity contribution is 0.0730. The smallest absolute Gasteiger partial charge is 0.243 e. The molecule has 2 aromatic carbocycles. The number of ether oxygens (including phenoxy) is 1. The molecule has 1 aliphatic heterocycles. The lowest BCUT2D eigenvalue weighted by Gasteiger charge is -2.26. The summed E-state index contributed by atoms with van der Waals surface area (Å²) in [6, 6.07) is 15.5. The summed E-state index contributed by atoms with van der Waals surface area (Å²) >= 11 is 0. The van der Waals surface area contributed by atoms with Crippen molar-refractivity contribution >= 4 is 10.0 Å². The molecule has 2 aromatic rings. The third-order valence-electron chi connectivity index (χ3n) is 4.27. The van der Waals surface area contributed by atoms with Crippen LogP contribution in [0.1, 0.15) is 16.7 Å². The minimum absolute atomic E-state index is 0.344. The molecule has 1 fully saturated rings. The molecule has 0 aliphatic carbocycles. The normalized spacial score (nSPS) is 16.0. The molecule has 5 nitrogen and oxygen atoms in total. The van der Waals surface area contributed by atoms with Gasteiger partial charge < -0.3 is 10.1 Å². The van der Waals surface area contributed by atoms with E-state index in [0.717, 1.165) is 12.1 Å². The van der Waals surface area contributed by atoms with E-state index in [4.69, 9.17) is 4.74 Å². The van der Waals surface area contributed by atoms with Gasteiger partial charge in [-0.05, 0) is 30.2 Å². The van der Waals surface area contributed by atoms with Crippen molar-refractivity contribution in [1.29, 1.82) is 0 Å². The van der Waals surface area contributed by atoms with Gasteiger partial charge in [0.25, 0.3) is 0 Å². The zero-order valence-electron chi connectivity index (χ0n) is 14.4. The molecular weight excluding hydrogens is 336 g/mol. The molecule has 0 radical (unpaired) electrons. The highest BCUT2D eigenvalue weighted by Crippen LogP contribution is 2.17. The van der Waals surface area contributed by atoms with Gasteiger partial charge in [0.2, 0.25) is 10.0 Å². The molecule has 1 N–H and O–H groups in total. The molecule has 0 bridgehead atoms. The fraction of sp³-hybridized carbons (Fsp3) is 0.368. The van der Waals surface area contributed by atoms with Crippen molar-refractivity contribution in [1.82, 2.24) is 9.62 Å². The van der Waals surface area contributed by atoms with E-state index in [2.05, 4.69) is 36.5 Å². The number of rotatable bonds is 6. The summed E-state index contributed by atoms with van der Waals surface area (Å²) in [6.45, 7) is 5.32. The minimum atomic E-state index is -3.41. The van der Waals surface area contributed by atoms with Crippen molar-refractivity contribution in [2.75, 3.05) is 26.3 Å². The monoisotopic (exact) mass is 360 g/mol. The maximum Gasteiger partial charge on any atom is 0.243 e. The quantitative estimate of drug-likeness (QED) is 0.859.